The fraction of sp³-hybridized carbons (Fsp3) is 0.938. The second-order valence-corrected chi connectivity index (χ2v) is 22.0. The molecule has 0 amide bonds. The smallest absolute Gasteiger partial charge is 0.550 e. The summed E-state index contributed by atoms with van der Waals surface area (Å²) in [6.07, 6.45) is 61.3. The van der Waals surface area contributed by atoms with Gasteiger partial charge in [0.25, 0.3) is 0 Å². The number of carbonyl (C=O) groups is 4. The van der Waals surface area contributed by atoms with Crippen molar-refractivity contribution in [2.45, 2.75) is 387 Å². The van der Waals surface area contributed by atoms with Crippen molar-refractivity contribution >= 4 is 61.6 Å². The van der Waals surface area contributed by atoms with Crippen molar-refractivity contribution in [1.82, 2.24) is 0 Å². The Morgan fingerprint density at radius 1 is 0.274 bits per heavy atom. The topological polar surface area (TPSA) is 133 Å². The maximum Gasteiger partial charge on any atom is 2.00 e. The predicted molar refractivity (Wildman–Crippen MR) is 308 cm³/mol. The molecule has 0 saturated carbocycles. The molecule has 0 N–H and O–H groups in total. The van der Waals surface area contributed by atoms with E-state index in [1.165, 1.54) is 257 Å². The first-order valence-corrected chi connectivity index (χ1v) is 32.0. The molecule has 0 fully saturated rings. The maximum absolute atomic E-state index is 12.2. The molecule has 2 atom stereocenters. The summed E-state index contributed by atoms with van der Waals surface area (Å²) < 4.78 is 11.0. The van der Waals surface area contributed by atoms with Gasteiger partial charge in [-0.3, -0.25) is 9.59 Å². The standard InChI is InChI=1S/2C32H62O4.Ca/c2*1-3-5-7-9-11-13-15-16-18-19-21-23-25-27-30(29-31(33)34)36-32(35)28-26-24-22-20-17-14-12-10-8-6-4-2;/h2*30H,3-29H2,1-2H3,(H,33,34);/q;;+2/p-2. The zero-order valence-corrected chi connectivity index (χ0v) is 51.5. The van der Waals surface area contributed by atoms with Crippen molar-refractivity contribution in [3.8, 4) is 0 Å². The van der Waals surface area contributed by atoms with Crippen LogP contribution in [0.15, 0.2) is 0 Å². The Bertz CT molecular complexity index is 1050. The molecule has 0 bridgehead atoms. The number of carboxylic acids is 2. The van der Waals surface area contributed by atoms with Crippen LogP contribution in [0, 0.1) is 0 Å². The van der Waals surface area contributed by atoms with Crippen LogP contribution in [-0.2, 0) is 28.7 Å². The van der Waals surface area contributed by atoms with Crippen molar-refractivity contribution in [1.29, 1.82) is 0 Å². The summed E-state index contributed by atoms with van der Waals surface area (Å²) in [5, 5.41) is 22.2. The molecule has 73 heavy (non-hydrogen) atoms. The molecule has 0 heterocycles. The summed E-state index contributed by atoms with van der Waals surface area (Å²) in [4.78, 5) is 46.6. The van der Waals surface area contributed by atoms with E-state index in [4.69, 9.17) is 9.47 Å². The summed E-state index contributed by atoms with van der Waals surface area (Å²) in [5.74, 6) is -2.74. The molecular formula is C64H122CaO8. The van der Waals surface area contributed by atoms with Crippen molar-refractivity contribution < 1.29 is 38.9 Å². The van der Waals surface area contributed by atoms with Crippen LogP contribution in [0.2, 0.25) is 0 Å². The van der Waals surface area contributed by atoms with E-state index in [1.54, 1.807) is 0 Å². The molecule has 428 valence electrons. The number of carboxylic acid groups (broad SMARTS) is 2. The van der Waals surface area contributed by atoms with Gasteiger partial charge < -0.3 is 29.3 Å². The Labute approximate surface area is 483 Å². The number of hydrogen-bond acceptors (Lipinski definition) is 8. The quantitative estimate of drug-likeness (QED) is 0.0334. The van der Waals surface area contributed by atoms with Gasteiger partial charge in [0.15, 0.2) is 0 Å². The van der Waals surface area contributed by atoms with E-state index in [0.717, 1.165) is 51.4 Å². The van der Waals surface area contributed by atoms with E-state index in [-0.39, 0.29) is 62.5 Å². The molecule has 0 aliphatic heterocycles. The van der Waals surface area contributed by atoms with E-state index in [1.807, 2.05) is 0 Å². The number of esters is 2. The van der Waals surface area contributed by atoms with E-state index >= 15 is 0 Å². The molecular weight excluding hydrogens is 937 g/mol. The van der Waals surface area contributed by atoms with Crippen LogP contribution >= 0.6 is 0 Å². The van der Waals surface area contributed by atoms with E-state index < -0.39 is 24.1 Å². The van der Waals surface area contributed by atoms with E-state index in [9.17, 15) is 29.4 Å². The van der Waals surface area contributed by atoms with Gasteiger partial charge in [0, 0.05) is 37.6 Å². The molecule has 0 aromatic rings. The normalized spacial score (nSPS) is 11.9. The molecule has 9 heteroatoms. The minimum absolute atomic E-state index is 0. The first kappa shape index (κ1) is 76.4. The third kappa shape index (κ3) is 67.2. The molecule has 0 radical (unpaired) electrons. The van der Waals surface area contributed by atoms with Gasteiger partial charge >= 0.3 is 49.7 Å². The zero-order valence-electron chi connectivity index (χ0n) is 49.3. The van der Waals surface area contributed by atoms with Gasteiger partial charge in [-0.1, -0.05) is 310 Å². The predicted octanol–water partition coefficient (Wildman–Crippen LogP) is 18.1. The number of rotatable bonds is 58. The molecule has 0 spiro atoms. The summed E-state index contributed by atoms with van der Waals surface area (Å²) >= 11 is 0. The Morgan fingerprint density at radius 2 is 0.438 bits per heavy atom. The maximum atomic E-state index is 12.2. The van der Waals surface area contributed by atoms with Crippen LogP contribution in [0.1, 0.15) is 374 Å². The first-order valence-electron chi connectivity index (χ1n) is 32.0. The average molecular weight is 1060 g/mol. The summed E-state index contributed by atoms with van der Waals surface area (Å²) in [5.41, 5.74) is 0. The monoisotopic (exact) mass is 1060 g/mol. The van der Waals surface area contributed by atoms with Crippen LogP contribution in [0.4, 0.5) is 0 Å². The van der Waals surface area contributed by atoms with Crippen molar-refractivity contribution in [2.75, 3.05) is 0 Å². The average Bonchev–Trinajstić information content (AvgIpc) is 3.35. The molecule has 0 aliphatic carbocycles. The number of carbonyl (C=O) groups excluding carboxylic acids is 4. The summed E-state index contributed by atoms with van der Waals surface area (Å²) in [7, 11) is 0. The van der Waals surface area contributed by atoms with Crippen molar-refractivity contribution in [3.05, 3.63) is 0 Å². The van der Waals surface area contributed by atoms with Crippen LogP contribution in [0.5, 0.6) is 0 Å². The fourth-order valence-electron chi connectivity index (χ4n) is 9.91. The molecule has 8 nitrogen and oxygen atoms in total. The number of unbranched alkanes of at least 4 members (excludes halogenated alkanes) is 44. The molecule has 0 aromatic heterocycles. The second kappa shape index (κ2) is 65.4. The Balaban J connectivity index is -0.00000132. The zero-order chi connectivity index (χ0) is 53.1. The molecule has 2 unspecified atom stereocenters. The van der Waals surface area contributed by atoms with Crippen molar-refractivity contribution in [3.63, 3.8) is 0 Å². The summed E-state index contributed by atoms with van der Waals surface area (Å²) in [6, 6.07) is 0. The van der Waals surface area contributed by atoms with Gasteiger partial charge in [-0.05, 0) is 38.5 Å². The minimum Gasteiger partial charge on any atom is -0.550 e. The molecule has 0 aromatic carbocycles. The van der Waals surface area contributed by atoms with Gasteiger partial charge in [0.2, 0.25) is 0 Å². The fourth-order valence-corrected chi connectivity index (χ4v) is 9.91. The number of ether oxygens (including phenoxy) is 2. The summed E-state index contributed by atoms with van der Waals surface area (Å²) in [6.45, 7) is 9.02. The van der Waals surface area contributed by atoms with E-state index in [2.05, 4.69) is 27.7 Å². The number of hydrogen-bond donors (Lipinski definition) is 0. The first-order chi connectivity index (χ1) is 35.2. The third-order valence-electron chi connectivity index (χ3n) is 14.6. The van der Waals surface area contributed by atoms with Crippen LogP contribution < -0.4 is 10.2 Å². The Morgan fingerprint density at radius 3 is 0.616 bits per heavy atom. The SMILES string of the molecule is CCCCCCCCCCCCCCCC(CC(=O)[O-])OC(=O)CCCCCCCCCCCCC.CCCCCCCCCCCCCCCC(CC(=O)[O-])OC(=O)CCCCCCCCCCCCC.[Ca+2]. The number of aliphatic carboxylic acids is 2. The minimum atomic E-state index is -1.13. The van der Waals surface area contributed by atoms with Crippen molar-refractivity contribution in [2.24, 2.45) is 0 Å². The Hall–Kier alpha value is -0.860. The van der Waals surface area contributed by atoms with Gasteiger partial charge in [-0.15, -0.1) is 0 Å². The van der Waals surface area contributed by atoms with Gasteiger partial charge in [0.05, 0.1) is 0 Å². The van der Waals surface area contributed by atoms with Crippen LogP contribution in [0.25, 0.3) is 0 Å². The molecule has 0 rings (SSSR count). The molecule has 0 saturated heterocycles. The second-order valence-electron chi connectivity index (χ2n) is 22.0. The van der Waals surface area contributed by atoms with Gasteiger partial charge in [0.1, 0.15) is 12.2 Å². The van der Waals surface area contributed by atoms with Crippen LogP contribution in [-0.4, -0.2) is 73.8 Å². The van der Waals surface area contributed by atoms with Gasteiger partial charge in [-0.2, -0.15) is 0 Å². The Kier molecular flexibility index (Phi) is 68.4. The third-order valence-corrected chi connectivity index (χ3v) is 14.6. The van der Waals surface area contributed by atoms with Crippen LogP contribution in [0.3, 0.4) is 0 Å². The largest absolute Gasteiger partial charge is 2.00 e. The molecule has 0 aliphatic rings. The van der Waals surface area contributed by atoms with E-state index in [0.29, 0.717) is 25.7 Å². The van der Waals surface area contributed by atoms with Gasteiger partial charge in [-0.25, -0.2) is 0 Å².